The minimum Gasteiger partial charge on any atom is -0.494 e. The Hall–Kier alpha value is -0.770. The van der Waals surface area contributed by atoms with Crippen LogP contribution in [0.2, 0.25) is 0 Å². The first-order valence-corrected chi connectivity index (χ1v) is 7.34. The normalized spacial score (nSPS) is 26.6. The third-order valence-electron chi connectivity index (χ3n) is 3.13. The van der Waals surface area contributed by atoms with E-state index in [1.165, 1.54) is 0 Å². The summed E-state index contributed by atoms with van der Waals surface area (Å²) in [4.78, 5) is 0. The number of halogens is 1. The van der Waals surface area contributed by atoms with Crippen LogP contribution in [0.25, 0.3) is 0 Å². The molecule has 4 heteroatoms. The Kier molecular flexibility index (Phi) is 5.08. The summed E-state index contributed by atoms with van der Waals surface area (Å²) in [6.45, 7) is 5.43. The lowest BCUT2D eigenvalue weighted by Crippen LogP contribution is -2.28. The third kappa shape index (κ3) is 3.41. The average molecular weight is 285 g/mol. The first-order valence-electron chi connectivity index (χ1n) is 6.81. The van der Waals surface area contributed by atoms with Gasteiger partial charge in [-0.1, -0.05) is 6.92 Å². The fourth-order valence-corrected chi connectivity index (χ4v) is 2.47. The van der Waals surface area contributed by atoms with Crippen LogP contribution in [0.15, 0.2) is 24.3 Å². The number of ether oxygens (including phenoxy) is 3. The van der Waals surface area contributed by atoms with Crippen molar-refractivity contribution in [2.45, 2.75) is 38.6 Å². The molecule has 0 aliphatic carbocycles. The molecular formula is C15H21ClO3. The van der Waals surface area contributed by atoms with Gasteiger partial charge in [-0.25, -0.2) is 0 Å². The Bertz CT molecular complexity index is 389. The van der Waals surface area contributed by atoms with Gasteiger partial charge in [-0.05, 0) is 37.6 Å². The van der Waals surface area contributed by atoms with Crippen LogP contribution >= 0.6 is 11.6 Å². The number of hydrogen-bond acceptors (Lipinski definition) is 3. The molecule has 106 valence electrons. The predicted octanol–water partition coefficient (Wildman–Crippen LogP) is 3.69. The molecule has 0 aromatic heterocycles. The smallest absolute Gasteiger partial charge is 0.196 e. The van der Waals surface area contributed by atoms with E-state index < -0.39 is 5.79 Å². The van der Waals surface area contributed by atoms with Crippen LogP contribution in [-0.2, 0) is 15.3 Å². The number of rotatable bonds is 6. The van der Waals surface area contributed by atoms with Crippen LogP contribution in [0.5, 0.6) is 5.75 Å². The summed E-state index contributed by atoms with van der Waals surface area (Å²) in [6, 6.07) is 7.90. The zero-order valence-corrected chi connectivity index (χ0v) is 12.3. The Morgan fingerprint density at radius 2 is 2.11 bits per heavy atom. The van der Waals surface area contributed by atoms with Gasteiger partial charge in [0.15, 0.2) is 5.79 Å². The van der Waals surface area contributed by atoms with Crippen LogP contribution in [0, 0.1) is 0 Å². The largest absolute Gasteiger partial charge is 0.494 e. The van der Waals surface area contributed by atoms with Gasteiger partial charge in [0.25, 0.3) is 0 Å². The number of benzene rings is 1. The van der Waals surface area contributed by atoms with Crippen molar-refractivity contribution in [2.75, 3.05) is 19.1 Å². The molecular weight excluding hydrogens is 264 g/mol. The Balaban J connectivity index is 2.14. The summed E-state index contributed by atoms with van der Waals surface area (Å²) in [5.41, 5.74) is 1.00. The van der Waals surface area contributed by atoms with Gasteiger partial charge in [0.2, 0.25) is 0 Å². The van der Waals surface area contributed by atoms with Crippen molar-refractivity contribution in [3.63, 3.8) is 0 Å². The zero-order valence-electron chi connectivity index (χ0n) is 11.5. The van der Waals surface area contributed by atoms with Crippen LogP contribution < -0.4 is 4.74 Å². The van der Waals surface area contributed by atoms with Gasteiger partial charge in [-0.2, -0.15) is 0 Å². The maximum Gasteiger partial charge on any atom is 0.196 e. The van der Waals surface area contributed by atoms with Crippen molar-refractivity contribution >= 4 is 11.6 Å². The summed E-state index contributed by atoms with van der Waals surface area (Å²) in [5.74, 6) is 0.684. The first kappa shape index (κ1) is 14.6. The highest BCUT2D eigenvalue weighted by Crippen LogP contribution is 2.38. The average Bonchev–Trinajstić information content (AvgIpc) is 2.80. The molecule has 0 amide bonds. The van der Waals surface area contributed by atoms with Gasteiger partial charge in [-0.3, -0.25) is 0 Å². The van der Waals surface area contributed by atoms with E-state index in [-0.39, 0.29) is 6.10 Å². The molecule has 1 heterocycles. The molecule has 0 N–H and O–H groups in total. The van der Waals surface area contributed by atoms with E-state index >= 15 is 0 Å². The molecule has 2 rings (SSSR count). The highest BCUT2D eigenvalue weighted by atomic mass is 35.5. The van der Waals surface area contributed by atoms with E-state index in [2.05, 4.69) is 6.92 Å². The van der Waals surface area contributed by atoms with Gasteiger partial charge >= 0.3 is 0 Å². The molecule has 0 saturated carbocycles. The third-order valence-corrected chi connectivity index (χ3v) is 3.32. The molecule has 3 nitrogen and oxygen atoms in total. The van der Waals surface area contributed by atoms with E-state index in [1.807, 2.05) is 31.2 Å². The molecule has 19 heavy (non-hydrogen) atoms. The Morgan fingerprint density at radius 3 is 2.63 bits per heavy atom. The molecule has 0 spiro atoms. The van der Waals surface area contributed by atoms with Crippen molar-refractivity contribution < 1.29 is 14.2 Å². The molecule has 1 fully saturated rings. The second-order valence-corrected chi connectivity index (χ2v) is 5.18. The Morgan fingerprint density at radius 1 is 1.37 bits per heavy atom. The summed E-state index contributed by atoms with van der Waals surface area (Å²) >= 11 is 5.88. The molecule has 2 atom stereocenters. The van der Waals surface area contributed by atoms with Gasteiger partial charge < -0.3 is 14.2 Å². The number of alkyl halides is 1. The van der Waals surface area contributed by atoms with Crippen LogP contribution in [0.4, 0.5) is 0 Å². The minimum atomic E-state index is -0.690. The minimum absolute atomic E-state index is 0.0965. The van der Waals surface area contributed by atoms with Gasteiger partial charge in [0, 0.05) is 17.9 Å². The lowest BCUT2D eigenvalue weighted by Gasteiger charge is -2.27. The number of hydrogen-bond donors (Lipinski definition) is 0. The monoisotopic (exact) mass is 284 g/mol. The fraction of sp³-hybridized carbons (Fsp3) is 0.600. The van der Waals surface area contributed by atoms with E-state index in [1.54, 1.807) is 0 Å². The van der Waals surface area contributed by atoms with Gasteiger partial charge in [-0.15, -0.1) is 11.6 Å². The van der Waals surface area contributed by atoms with E-state index in [0.717, 1.165) is 24.3 Å². The lowest BCUT2D eigenvalue weighted by atomic mass is 10.0. The fourth-order valence-electron chi connectivity index (χ4n) is 2.22. The quantitative estimate of drug-likeness (QED) is 0.746. The molecule has 1 aromatic rings. The van der Waals surface area contributed by atoms with E-state index in [4.69, 9.17) is 25.8 Å². The summed E-state index contributed by atoms with van der Waals surface area (Å²) in [5, 5.41) is 0. The SMILES string of the molecule is CCCOc1ccc(C2(CCCl)OCC(C)O2)cc1. The molecule has 1 saturated heterocycles. The molecule has 1 aliphatic heterocycles. The zero-order chi connectivity index (χ0) is 13.7. The van der Waals surface area contributed by atoms with Gasteiger partial charge in [0.05, 0.1) is 19.3 Å². The standard InChI is InChI=1S/C15H21ClO3/c1-3-10-17-14-6-4-13(5-7-14)15(8-9-16)18-11-12(2)19-15/h4-7,12H,3,8-11H2,1-2H3. The summed E-state index contributed by atoms with van der Waals surface area (Å²) < 4.78 is 17.4. The molecule has 1 aromatic carbocycles. The molecule has 2 unspecified atom stereocenters. The van der Waals surface area contributed by atoms with Crippen molar-refractivity contribution in [3.05, 3.63) is 29.8 Å². The second kappa shape index (κ2) is 6.60. The summed E-state index contributed by atoms with van der Waals surface area (Å²) in [7, 11) is 0. The van der Waals surface area contributed by atoms with Crippen molar-refractivity contribution in [1.82, 2.24) is 0 Å². The van der Waals surface area contributed by atoms with Gasteiger partial charge in [0.1, 0.15) is 5.75 Å². The van der Waals surface area contributed by atoms with Crippen LogP contribution in [-0.4, -0.2) is 25.2 Å². The van der Waals surface area contributed by atoms with E-state index in [0.29, 0.717) is 18.9 Å². The van der Waals surface area contributed by atoms with Crippen LogP contribution in [0.1, 0.15) is 32.3 Å². The van der Waals surface area contributed by atoms with Crippen LogP contribution in [0.3, 0.4) is 0 Å². The summed E-state index contributed by atoms with van der Waals surface area (Å²) in [6.07, 6.45) is 1.75. The van der Waals surface area contributed by atoms with Crippen molar-refractivity contribution in [3.8, 4) is 5.75 Å². The topological polar surface area (TPSA) is 27.7 Å². The highest BCUT2D eigenvalue weighted by molar-refractivity contribution is 6.17. The molecule has 0 radical (unpaired) electrons. The second-order valence-electron chi connectivity index (χ2n) is 4.80. The highest BCUT2D eigenvalue weighted by Gasteiger charge is 2.41. The molecule has 1 aliphatic rings. The lowest BCUT2D eigenvalue weighted by molar-refractivity contribution is -0.176. The van der Waals surface area contributed by atoms with Crippen molar-refractivity contribution in [2.24, 2.45) is 0 Å². The Labute approximate surface area is 119 Å². The van der Waals surface area contributed by atoms with E-state index in [9.17, 15) is 0 Å². The maximum atomic E-state index is 5.95. The maximum absolute atomic E-state index is 5.95. The molecule has 0 bridgehead atoms. The van der Waals surface area contributed by atoms with Crippen molar-refractivity contribution in [1.29, 1.82) is 0 Å². The first-order chi connectivity index (χ1) is 9.20. The predicted molar refractivity (Wildman–Crippen MR) is 75.7 cm³/mol.